The summed E-state index contributed by atoms with van der Waals surface area (Å²) in [7, 11) is 1.58. The highest BCUT2D eigenvalue weighted by atomic mass is 127. The fourth-order valence-corrected chi connectivity index (χ4v) is 2.38. The van der Waals surface area contributed by atoms with Gasteiger partial charge in [-0.1, -0.05) is 17.3 Å². The van der Waals surface area contributed by atoms with Crippen LogP contribution in [-0.2, 0) is 0 Å². The van der Waals surface area contributed by atoms with E-state index in [9.17, 15) is 4.79 Å². The molecule has 0 aliphatic carbocycles. The largest absolute Gasteiger partial charge is 0.497 e. The van der Waals surface area contributed by atoms with Gasteiger partial charge in [-0.05, 0) is 59.0 Å². The molecule has 0 bridgehead atoms. The lowest BCUT2D eigenvalue weighted by atomic mass is 10.1. The van der Waals surface area contributed by atoms with Gasteiger partial charge in [0.1, 0.15) is 11.4 Å². The molecular weight excluding hydrogens is 407 g/mol. The Morgan fingerprint density at radius 2 is 1.83 bits per heavy atom. The summed E-state index contributed by atoms with van der Waals surface area (Å²) in [5, 5.41) is 6.66. The van der Waals surface area contributed by atoms with Crippen LogP contribution in [0.5, 0.6) is 5.75 Å². The van der Waals surface area contributed by atoms with Crippen molar-refractivity contribution in [2.24, 2.45) is 0 Å². The number of benzene rings is 2. The monoisotopic (exact) mass is 420 g/mol. The molecule has 0 spiro atoms. The number of ether oxygens (including phenoxy) is 1. The topological polar surface area (TPSA) is 64.4 Å². The molecule has 1 heterocycles. The molecule has 2 aromatic carbocycles. The molecule has 0 saturated carbocycles. The fraction of sp³-hybridized carbons (Fsp3) is 0.0588. The number of carbonyl (C=O) groups excluding carboxylic acids is 1. The maximum Gasteiger partial charge on any atom is 0.258 e. The summed E-state index contributed by atoms with van der Waals surface area (Å²) in [4.78, 5) is 12.2. The van der Waals surface area contributed by atoms with Gasteiger partial charge in [-0.25, -0.2) is 0 Å². The molecule has 0 aliphatic rings. The van der Waals surface area contributed by atoms with Crippen molar-refractivity contribution in [2.45, 2.75) is 0 Å². The lowest BCUT2D eigenvalue weighted by molar-refractivity contribution is 0.102. The van der Waals surface area contributed by atoms with Crippen molar-refractivity contribution < 1.29 is 14.1 Å². The number of nitrogens with zero attached hydrogens (tertiary/aromatic N) is 1. The second kappa shape index (κ2) is 6.82. The van der Waals surface area contributed by atoms with Crippen molar-refractivity contribution in [3.05, 3.63) is 63.7 Å². The van der Waals surface area contributed by atoms with E-state index in [2.05, 4.69) is 33.1 Å². The van der Waals surface area contributed by atoms with Crippen molar-refractivity contribution in [3.8, 4) is 17.0 Å². The number of carbonyl (C=O) groups is 1. The molecular formula is C17H13IN2O3. The normalized spacial score (nSPS) is 10.3. The number of hydrogen-bond acceptors (Lipinski definition) is 4. The van der Waals surface area contributed by atoms with E-state index < -0.39 is 0 Å². The van der Waals surface area contributed by atoms with Gasteiger partial charge in [0.25, 0.3) is 5.91 Å². The quantitative estimate of drug-likeness (QED) is 0.643. The van der Waals surface area contributed by atoms with E-state index >= 15 is 0 Å². The molecule has 0 radical (unpaired) electrons. The first-order valence-corrected chi connectivity index (χ1v) is 7.91. The number of aromatic nitrogens is 1. The smallest absolute Gasteiger partial charge is 0.258 e. The lowest BCUT2D eigenvalue weighted by Gasteiger charge is -2.02. The molecule has 6 heteroatoms. The van der Waals surface area contributed by atoms with E-state index in [4.69, 9.17) is 9.26 Å². The number of methoxy groups -OCH3 is 1. The number of rotatable bonds is 4. The molecule has 116 valence electrons. The van der Waals surface area contributed by atoms with E-state index in [1.807, 2.05) is 24.3 Å². The highest BCUT2D eigenvalue weighted by Gasteiger charge is 2.11. The number of amides is 1. The predicted molar refractivity (Wildman–Crippen MR) is 95.6 cm³/mol. The molecule has 1 aromatic heterocycles. The van der Waals surface area contributed by atoms with Crippen LogP contribution in [0.2, 0.25) is 0 Å². The Morgan fingerprint density at radius 1 is 1.13 bits per heavy atom. The molecule has 0 atom stereocenters. The molecule has 1 amide bonds. The molecule has 0 saturated heterocycles. The Bertz CT molecular complexity index is 811. The highest BCUT2D eigenvalue weighted by molar-refractivity contribution is 14.1. The van der Waals surface area contributed by atoms with E-state index in [1.165, 1.54) is 0 Å². The molecule has 0 unspecified atom stereocenters. The van der Waals surface area contributed by atoms with Gasteiger partial charge in [-0.3, -0.25) is 10.1 Å². The van der Waals surface area contributed by atoms with E-state index in [1.54, 1.807) is 37.4 Å². The number of anilines is 1. The predicted octanol–water partition coefficient (Wildman–Crippen LogP) is 4.21. The fourth-order valence-electron chi connectivity index (χ4n) is 2.02. The zero-order chi connectivity index (χ0) is 16.2. The van der Waals surface area contributed by atoms with Crippen LogP contribution in [0.3, 0.4) is 0 Å². The second-order valence-electron chi connectivity index (χ2n) is 4.77. The van der Waals surface area contributed by atoms with Gasteiger partial charge in [0.15, 0.2) is 0 Å². The molecule has 3 aromatic rings. The van der Waals surface area contributed by atoms with Gasteiger partial charge in [-0.15, -0.1) is 0 Å². The van der Waals surface area contributed by atoms with Gasteiger partial charge in [0.05, 0.1) is 7.11 Å². The van der Waals surface area contributed by atoms with Crippen LogP contribution in [0.1, 0.15) is 10.4 Å². The molecule has 5 nitrogen and oxygen atoms in total. The molecule has 0 fully saturated rings. The highest BCUT2D eigenvalue weighted by Crippen LogP contribution is 2.23. The number of hydrogen-bond donors (Lipinski definition) is 1. The first kappa shape index (κ1) is 15.5. The third kappa shape index (κ3) is 3.70. The summed E-state index contributed by atoms with van der Waals surface area (Å²) in [6, 6.07) is 16.4. The van der Waals surface area contributed by atoms with Crippen LogP contribution in [0, 0.1) is 3.57 Å². The van der Waals surface area contributed by atoms with E-state index in [0.717, 1.165) is 9.13 Å². The SMILES string of the molecule is COc1ccc(C(=O)Nc2cc(-c3ccc(I)cc3)no2)cc1. The summed E-state index contributed by atoms with van der Waals surface area (Å²) in [5.74, 6) is 0.736. The Labute approximate surface area is 146 Å². The second-order valence-corrected chi connectivity index (χ2v) is 6.01. The standard InChI is InChI=1S/C17H13IN2O3/c1-22-14-8-4-12(5-9-14)17(21)19-16-10-15(20-23-16)11-2-6-13(18)7-3-11/h2-10H,1H3,(H,19,21). The van der Waals surface area contributed by atoms with E-state index in [-0.39, 0.29) is 5.91 Å². The number of nitrogens with one attached hydrogen (secondary N) is 1. The minimum Gasteiger partial charge on any atom is -0.497 e. The summed E-state index contributed by atoms with van der Waals surface area (Å²) in [6.45, 7) is 0. The Kier molecular flexibility index (Phi) is 4.61. The minimum atomic E-state index is -0.266. The number of halogens is 1. The van der Waals surface area contributed by atoms with Gasteiger partial charge in [-0.2, -0.15) is 0 Å². The Morgan fingerprint density at radius 3 is 2.48 bits per heavy atom. The van der Waals surface area contributed by atoms with Crippen LogP contribution >= 0.6 is 22.6 Å². The maximum absolute atomic E-state index is 12.2. The average molecular weight is 420 g/mol. The zero-order valence-corrected chi connectivity index (χ0v) is 14.4. The van der Waals surface area contributed by atoms with Crippen LogP contribution in [0.4, 0.5) is 5.88 Å². The average Bonchev–Trinajstić information content (AvgIpc) is 3.04. The first-order valence-electron chi connectivity index (χ1n) is 6.84. The third-order valence-electron chi connectivity index (χ3n) is 3.24. The van der Waals surface area contributed by atoms with Crippen molar-refractivity contribution >= 4 is 34.4 Å². The molecule has 1 N–H and O–H groups in total. The van der Waals surface area contributed by atoms with Crippen molar-refractivity contribution in [1.82, 2.24) is 5.16 Å². The van der Waals surface area contributed by atoms with Gasteiger partial charge >= 0.3 is 0 Å². The summed E-state index contributed by atoms with van der Waals surface area (Å²) >= 11 is 2.24. The van der Waals surface area contributed by atoms with Crippen LogP contribution in [0.25, 0.3) is 11.3 Å². The van der Waals surface area contributed by atoms with Gasteiger partial charge in [0, 0.05) is 20.8 Å². The lowest BCUT2D eigenvalue weighted by Crippen LogP contribution is -2.11. The first-order chi connectivity index (χ1) is 11.2. The zero-order valence-electron chi connectivity index (χ0n) is 12.2. The van der Waals surface area contributed by atoms with Crippen molar-refractivity contribution in [3.63, 3.8) is 0 Å². The summed E-state index contributed by atoms with van der Waals surface area (Å²) in [6.07, 6.45) is 0. The van der Waals surface area contributed by atoms with Crippen LogP contribution < -0.4 is 10.1 Å². The van der Waals surface area contributed by atoms with Crippen molar-refractivity contribution in [1.29, 1.82) is 0 Å². The molecule has 3 rings (SSSR count). The Hall–Kier alpha value is -2.35. The minimum absolute atomic E-state index is 0.266. The molecule has 0 aliphatic heterocycles. The summed E-state index contributed by atoms with van der Waals surface area (Å²) < 4.78 is 11.4. The van der Waals surface area contributed by atoms with Gasteiger partial charge in [0.2, 0.25) is 5.88 Å². The van der Waals surface area contributed by atoms with Gasteiger partial charge < -0.3 is 9.26 Å². The van der Waals surface area contributed by atoms with Crippen LogP contribution in [0.15, 0.2) is 59.1 Å². The van der Waals surface area contributed by atoms with E-state index in [0.29, 0.717) is 22.9 Å². The van der Waals surface area contributed by atoms with Crippen LogP contribution in [-0.4, -0.2) is 18.2 Å². The Balaban J connectivity index is 1.73. The molecule has 23 heavy (non-hydrogen) atoms. The maximum atomic E-state index is 12.2. The third-order valence-corrected chi connectivity index (χ3v) is 3.96. The van der Waals surface area contributed by atoms with Crippen molar-refractivity contribution in [2.75, 3.05) is 12.4 Å². The summed E-state index contributed by atoms with van der Waals surface area (Å²) in [5.41, 5.74) is 2.11.